The summed E-state index contributed by atoms with van der Waals surface area (Å²) >= 11 is 0. The molecule has 0 spiro atoms. The Morgan fingerprint density at radius 3 is 2.09 bits per heavy atom. The minimum atomic E-state index is -0.534. The van der Waals surface area contributed by atoms with E-state index in [1.165, 1.54) is 30.3 Å². The normalized spacial score (nSPS) is 10.2. The van der Waals surface area contributed by atoms with Crippen LogP contribution in [0.2, 0.25) is 0 Å². The highest BCUT2D eigenvalue weighted by molar-refractivity contribution is 6.01. The molecule has 0 saturated carbocycles. The summed E-state index contributed by atoms with van der Waals surface area (Å²) in [5, 5.41) is 7.76. The number of amides is 3. The van der Waals surface area contributed by atoms with E-state index in [9.17, 15) is 18.8 Å². The number of ether oxygens (including phenoxy) is 1. The number of carbonyl (C=O) groups excluding carboxylic acids is 3. The lowest BCUT2D eigenvalue weighted by Gasteiger charge is -2.12. The fraction of sp³-hybridized carbons (Fsp3) is 0.125. The van der Waals surface area contributed by atoms with Crippen molar-refractivity contribution in [2.45, 2.75) is 6.92 Å². The van der Waals surface area contributed by atoms with Crippen LogP contribution in [0.4, 0.5) is 15.8 Å². The summed E-state index contributed by atoms with van der Waals surface area (Å²) in [5.74, 6) is -1.58. The topological polar surface area (TPSA) is 96.5 Å². The lowest BCUT2D eigenvalue weighted by atomic mass is 10.2. The number of hydrogen-bond acceptors (Lipinski definition) is 4. The first kappa shape index (κ1) is 22.5. The summed E-state index contributed by atoms with van der Waals surface area (Å²) < 4.78 is 18.5. The minimum absolute atomic E-state index is 0.185. The summed E-state index contributed by atoms with van der Waals surface area (Å²) in [6, 6.07) is 19.0. The van der Waals surface area contributed by atoms with Crippen molar-refractivity contribution in [3.63, 3.8) is 0 Å². The first-order chi connectivity index (χ1) is 15.4. The minimum Gasteiger partial charge on any atom is -0.483 e. The van der Waals surface area contributed by atoms with Gasteiger partial charge in [0.1, 0.15) is 11.6 Å². The number of para-hydroxylation sites is 1. The zero-order valence-electron chi connectivity index (χ0n) is 17.4. The second kappa shape index (κ2) is 10.7. The monoisotopic (exact) mass is 435 g/mol. The first-order valence-corrected chi connectivity index (χ1v) is 9.82. The third-order valence-corrected chi connectivity index (χ3v) is 4.36. The summed E-state index contributed by atoms with van der Waals surface area (Å²) in [6.07, 6.45) is 0. The van der Waals surface area contributed by atoms with E-state index in [1.54, 1.807) is 30.3 Å². The average Bonchev–Trinajstić information content (AvgIpc) is 2.79. The maximum atomic E-state index is 12.9. The molecule has 3 aromatic rings. The number of halogens is 1. The molecule has 0 radical (unpaired) electrons. The van der Waals surface area contributed by atoms with Crippen LogP contribution < -0.4 is 20.7 Å². The van der Waals surface area contributed by atoms with Crippen LogP contribution in [-0.2, 0) is 9.59 Å². The quantitative estimate of drug-likeness (QED) is 0.504. The van der Waals surface area contributed by atoms with Crippen LogP contribution >= 0.6 is 0 Å². The van der Waals surface area contributed by atoms with Crippen molar-refractivity contribution >= 4 is 29.1 Å². The molecule has 164 valence electrons. The molecule has 0 atom stereocenters. The number of rotatable bonds is 8. The van der Waals surface area contributed by atoms with Crippen LogP contribution in [0.3, 0.4) is 0 Å². The van der Waals surface area contributed by atoms with Gasteiger partial charge < -0.3 is 20.7 Å². The second-order valence-corrected chi connectivity index (χ2v) is 6.94. The van der Waals surface area contributed by atoms with Gasteiger partial charge in [-0.1, -0.05) is 29.8 Å². The van der Waals surface area contributed by atoms with E-state index < -0.39 is 17.6 Å². The highest BCUT2D eigenvalue weighted by Gasteiger charge is 2.14. The molecule has 3 aromatic carbocycles. The fourth-order valence-corrected chi connectivity index (χ4v) is 2.75. The van der Waals surface area contributed by atoms with Crippen molar-refractivity contribution < 1.29 is 23.5 Å². The van der Waals surface area contributed by atoms with E-state index in [2.05, 4.69) is 16.0 Å². The standard InChI is InChI=1S/C24H22FN3O4/c1-16-6-10-18(11-7-16)28-23(30)15-32-21-5-3-2-4-20(21)24(31)26-14-22(29)27-19-12-8-17(25)9-13-19/h2-13H,14-15H2,1H3,(H,26,31)(H,27,29)(H,28,30). The lowest BCUT2D eigenvalue weighted by molar-refractivity contribution is -0.118. The molecular weight excluding hydrogens is 413 g/mol. The maximum absolute atomic E-state index is 12.9. The van der Waals surface area contributed by atoms with E-state index in [-0.39, 0.29) is 30.4 Å². The summed E-state index contributed by atoms with van der Waals surface area (Å²) in [6.45, 7) is 1.37. The van der Waals surface area contributed by atoms with Gasteiger partial charge in [-0.3, -0.25) is 14.4 Å². The van der Waals surface area contributed by atoms with Gasteiger partial charge in [-0.2, -0.15) is 0 Å². The number of hydrogen-bond donors (Lipinski definition) is 3. The van der Waals surface area contributed by atoms with E-state index in [0.717, 1.165) is 5.56 Å². The molecule has 0 aromatic heterocycles. The molecule has 3 amide bonds. The van der Waals surface area contributed by atoms with Gasteiger partial charge in [0.25, 0.3) is 11.8 Å². The fourth-order valence-electron chi connectivity index (χ4n) is 2.75. The molecular formula is C24H22FN3O4. The smallest absolute Gasteiger partial charge is 0.262 e. The molecule has 8 heteroatoms. The van der Waals surface area contributed by atoms with Gasteiger partial charge in [-0.25, -0.2) is 4.39 Å². The van der Waals surface area contributed by atoms with Gasteiger partial charge in [-0.15, -0.1) is 0 Å². The number of benzene rings is 3. The van der Waals surface area contributed by atoms with Gasteiger partial charge in [0.15, 0.2) is 6.61 Å². The van der Waals surface area contributed by atoms with Gasteiger partial charge in [0.05, 0.1) is 12.1 Å². The molecule has 3 N–H and O–H groups in total. The van der Waals surface area contributed by atoms with Crippen LogP contribution in [0.15, 0.2) is 72.8 Å². The molecule has 0 fully saturated rings. The zero-order valence-corrected chi connectivity index (χ0v) is 17.4. The van der Waals surface area contributed by atoms with Crippen molar-refractivity contribution in [1.29, 1.82) is 0 Å². The molecule has 32 heavy (non-hydrogen) atoms. The van der Waals surface area contributed by atoms with E-state index in [1.807, 2.05) is 19.1 Å². The SMILES string of the molecule is Cc1ccc(NC(=O)COc2ccccc2C(=O)NCC(=O)Nc2ccc(F)cc2)cc1. The van der Waals surface area contributed by atoms with Crippen LogP contribution in [0, 0.1) is 12.7 Å². The van der Waals surface area contributed by atoms with Gasteiger partial charge in [-0.05, 0) is 55.5 Å². The Balaban J connectivity index is 1.52. The number of carbonyl (C=O) groups is 3. The Bertz CT molecular complexity index is 1100. The van der Waals surface area contributed by atoms with E-state index >= 15 is 0 Å². The summed E-state index contributed by atoms with van der Waals surface area (Å²) in [5.41, 5.74) is 2.31. The summed E-state index contributed by atoms with van der Waals surface area (Å²) in [7, 11) is 0. The Morgan fingerprint density at radius 1 is 0.812 bits per heavy atom. The van der Waals surface area contributed by atoms with Crippen molar-refractivity contribution in [3.8, 4) is 5.75 Å². The maximum Gasteiger partial charge on any atom is 0.262 e. The van der Waals surface area contributed by atoms with Crippen LogP contribution in [0.5, 0.6) is 5.75 Å². The highest BCUT2D eigenvalue weighted by Crippen LogP contribution is 2.18. The van der Waals surface area contributed by atoms with Gasteiger partial charge in [0, 0.05) is 11.4 Å². The van der Waals surface area contributed by atoms with E-state index in [0.29, 0.717) is 11.4 Å². The largest absolute Gasteiger partial charge is 0.483 e. The number of aryl methyl sites for hydroxylation is 1. The lowest BCUT2D eigenvalue weighted by Crippen LogP contribution is -2.33. The molecule has 0 aliphatic carbocycles. The zero-order chi connectivity index (χ0) is 22.9. The first-order valence-electron chi connectivity index (χ1n) is 9.82. The van der Waals surface area contributed by atoms with Crippen molar-refractivity contribution in [3.05, 3.63) is 89.7 Å². The van der Waals surface area contributed by atoms with Crippen molar-refractivity contribution in [1.82, 2.24) is 5.32 Å². The number of nitrogens with one attached hydrogen (secondary N) is 3. The highest BCUT2D eigenvalue weighted by atomic mass is 19.1. The Hall–Kier alpha value is -4.20. The predicted molar refractivity (Wildman–Crippen MR) is 119 cm³/mol. The van der Waals surface area contributed by atoms with Crippen molar-refractivity contribution in [2.24, 2.45) is 0 Å². The van der Waals surface area contributed by atoms with Crippen LogP contribution in [0.25, 0.3) is 0 Å². The van der Waals surface area contributed by atoms with Gasteiger partial charge >= 0.3 is 0 Å². The van der Waals surface area contributed by atoms with Crippen LogP contribution in [0.1, 0.15) is 15.9 Å². The molecule has 7 nitrogen and oxygen atoms in total. The molecule has 0 unspecified atom stereocenters. The van der Waals surface area contributed by atoms with E-state index in [4.69, 9.17) is 4.74 Å². The van der Waals surface area contributed by atoms with Crippen molar-refractivity contribution in [2.75, 3.05) is 23.8 Å². The van der Waals surface area contributed by atoms with Gasteiger partial charge in [0.2, 0.25) is 5.91 Å². The third kappa shape index (κ3) is 6.66. The summed E-state index contributed by atoms with van der Waals surface area (Å²) in [4.78, 5) is 36.7. The molecule has 0 aliphatic heterocycles. The average molecular weight is 435 g/mol. The Kier molecular flexibility index (Phi) is 7.53. The van der Waals surface area contributed by atoms with Crippen LogP contribution in [-0.4, -0.2) is 30.9 Å². The molecule has 0 aliphatic rings. The Labute approximate surface area is 184 Å². The molecule has 0 bridgehead atoms. The molecule has 0 heterocycles. The predicted octanol–water partition coefficient (Wildman–Crippen LogP) is 3.52. The molecule has 3 rings (SSSR count). The second-order valence-electron chi connectivity index (χ2n) is 6.94. The molecule has 0 saturated heterocycles. The number of anilines is 2. The Morgan fingerprint density at radius 2 is 1.41 bits per heavy atom. The third-order valence-electron chi connectivity index (χ3n) is 4.36.